The van der Waals surface area contributed by atoms with Crippen LogP contribution in [-0.2, 0) is 0 Å². The zero-order chi connectivity index (χ0) is 15.4. The Morgan fingerprint density at radius 3 is 2.55 bits per heavy atom. The van der Waals surface area contributed by atoms with Crippen LogP contribution in [0.3, 0.4) is 0 Å². The molecule has 1 amide bonds. The average molecular weight is 295 g/mol. The van der Waals surface area contributed by atoms with Crippen molar-refractivity contribution in [1.82, 2.24) is 15.2 Å². The van der Waals surface area contributed by atoms with E-state index in [2.05, 4.69) is 10.3 Å². The minimum absolute atomic E-state index is 0.130. The third kappa shape index (κ3) is 3.17. The van der Waals surface area contributed by atoms with E-state index in [9.17, 15) is 4.79 Å². The van der Waals surface area contributed by atoms with Crippen LogP contribution in [0.1, 0.15) is 23.2 Å². The molecule has 0 bridgehead atoms. The highest BCUT2D eigenvalue weighted by Crippen LogP contribution is 2.21. The van der Waals surface area contributed by atoms with E-state index in [1.165, 1.54) is 0 Å². The van der Waals surface area contributed by atoms with Crippen molar-refractivity contribution in [1.29, 1.82) is 0 Å². The number of piperidine rings is 1. The summed E-state index contributed by atoms with van der Waals surface area (Å²) in [4.78, 5) is 18.7. The average Bonchev–Trinajstić information content (AvgIpc) is 2.62. The zero-order valence-electron chi connectivity index (χ0n) is 12.8. The second kappa shape index (κ2) is 6.71. The summed E-state index contributed by atoms with van der Waals surface area (Å²) in [7, 11) is 1.99. The van der Waals surface area contributed by atoms with Crippen LogP contribution in [0, 0.1) is 0 Å². The number of carbonyl (C=O) groups is 1. The van der Waals surface area contributed by atoms with Crippen molar-refractivity contribution >= 4 is 5.91 Å². The number of likely N-dealkylation sites (tertiary alicyclic amines) is 1. The SMILES string of the molecule is CNC1CCN(C(=O)c2cccc(-c3ccncc3)c2)CC1. The molecule has 0 aliphatic carbocycles. The Hall–Kier alpha value is -2.20. The van der Waals surface area contributed by atoms with Crippen LogP contribution in [0.25, 0.3) is 11.1 Å². The van der Waals surface area contributed by atoms with Gasteiger partial charge in [0, 0.05) is 37.1 Å². The lowest BCUT2D eigenvalue weighted by molar-refractivity contribution is 0.0707. The van der Waals surface area contributed by atoms with Gasteiger partial charge < -0.3 is 10.2 Å². The molecule has 0 unspecified atom stereocenters. The quantitative estimate of drug-likeness (QED) is 0.946. The van der Waals surface area contributed by atoms with Gasteiger partial charge in [0.25, 0.3) is 5.91 Å². The standard InChI is InChI=1S/C18H21N3O/c1-19-17-7-11-21(12-8-17)18(22)16-4-2-3-15(13-16)14-5-9-20-10-6-14/h2-6,9-10,13,17,19H,7-8,11-12H2,1H3. The second-order valence-electron chi connectivity index (χ2n) is 5.67. The highest BCUT2D eigenvalue weighted by Gasteiger charge is 2.22. The van der Waals surface area contributed by atoms with E-state index in [-0.39, 0.29) is 5.91 Å². The Balaban J connectivity index is 1.76. The molecule has 1 aliphatic rings. The van der Waals surface area contributed by atoms with E-state index >= 15 is 0 Å². The molecular formula is C18H21N3O. The molecule has 0 spiro atoms. The Morgan fingerprint density at radius 2 is 1.86 bits per heavy atom. The first-order chi connectivity index (χ1) is 10.8. The molecular weight excluding hydrogens is 274 g/mol. The molecule has 2 aromatic rings. The van der Waals surface area contributed by atoms with Crippen LogP contribution in [0.15, 0.2) is 48.8 Å². The third-order valence-corrected chi connectivity index (χ3v) is 4.31. The molecule has 114 valence electrons. The van der Waals surface area contributed by atoms with Gasteiger partial charge in [-0.1, -0.05) is 12.1 Å². The fraction of sp³-hybridized carbons (Fsp3) is 0.333. The number of aromatic nitrogens is 1. The summed E-state index contributed by atoms with van der Waals surface area (Å²) in [6, 6.07) is 12.3. The van der Waals surface area contributed by atoms with Gasteiger partial charge in [-0.3, -0.25) is 9.78 Å². The highest BCUT2D eigenvalue weighted by molar-refractivity contribution is 5.95. The molecule has 0 saturated carbocycles. The molecule has 1 saturated heterocycles. The van der Waals surface area contributed by atoms with Crippen LogP contribution in [0.5, 0.6) is 0 Å². The Kier molecular flexibility index (Phi) is 4.49. The molecule has 22 heavy (non-hydrogen) atoms. The largest absolute Gasteiger partial charge is 0.339 e. The number of amides is 1. The summed E-state index contributed by atoms with van der Waals surface area (Å²) in [5.41, 5.74) is 2.90. The number of nitrogens with one attached hydrogen (secondary N) is 1. The lowest BCUT2D eigenvalue weighted by Gasteiger charge is -2.32. The minimum atomic E-state index is 0.130. The molecule has 3 rings (SSSR count). The Bertz CT molecular complexity index is 634. The molecule has 1 aliphatic heterocycles. The van der Waals surface area contributed by atoms with Gasteiger partial charge in [0.2, 0.25) is 0 Å². The summed E-state index contributed by atoms with van der Waals surface area (Å²) in [5.74, 6) is 0.130. The predicted octanol–water partition coefficient (Wildman–Crippen LogP) is 2.57. The van der Waals surface area contributed by atoms with Gasteiger partial charge in [-0.15, -0.1) is 0 Å². The zero-order valence-corrected chi connectivity index (χ0v) is 12.8. The van der Waals surface area contributed by atoms with Crippen molar-refractivity contribution in [3.63, 3.8) is 0 Å². The van der Waals surface area contributed by atoms with Crippen LogP contribution in [0.2, 0.25) is 0 Å². The molecule has 2 heterocycles. The van der Waals surface area contributed by atoms with Gasteiger partial charge in [0.15, 0.2) is 0 Å². The van der Waals surface area contributed by atoms with Crippen molar-refractivity contribution < 1.29 is 4.79 Å². The van der Waals surface area contributed by atoms with E-state index in [1.54, 1.807) is 12.4 Å². The summed E-state index contributed by atoms with van der Waals surface area (Å²) < 4.78 is 0. The van der Waals surface area contributed by atoms with Gasteiger partial charge in [-0.05, 0) is 55.3 Å². The van der Waals surface area contributed by atoms with Crippen LogP contribution >= 0.6 is 0 Å². The van der Waals surface area contributed by atoms with Gasteiger partial charge in [0.1, 0.15) is 0 Å². The molecule has 1 aromatic heterocycles. The molecule has 1 fully saturated rings. The lowest BCUT2D eigenvalue weighted by atomic mass is 10.0. The predicted molar refractivity (Wildman–Crippen MR) is 87.7 cm³/mol. The smallest absolute Gasteiger partial charge is 0.253 e. The van der Waals surface area contributed by atoms with Gasteiger partial charge in [0.05, 0.1) is 0 Å². The van der Waals surface area contributed by atoms with Gasteiger partial charge in [-0.25, -0.2) is 0 Å². The summed E-state index contributed by atoms with van der Waals surface area (Å²) in [5, 5.41) is 3.29. The maximum Gasteiger partial charge on any atom is 0.253 e. The highest BCUT2D eigenvalue weighted by atomic mass is 16.2. The Labute approximate surface area is 131 Å². The van der Waals surface area contributed by atoms with Crippen molar-refractivity contribution in [2.45, 2.75) is 18.9 Å². The Morgan fingerprint density at radius 1 is 1.14 bits per heavy atom. The van der Waals surface area contributed by atoms with Crippen molar-refractivity contribution in [3.8, 4) is 11.1 Å². The fourth-order valence-corrected chi connectivity index (χ4v) is 2.93. The summed E-state index contributed by atoms with van der Waals surface area (Å²) >= 11 is 0. The van der Waals surface area contributed by atoms with Gasteiger partial charge >= 0.3 is 0 Å². The molecule has 1 N–H and O–H groups in total. The number of hydrogen-bond acceptors (Lipinski definition) is 3. The summed E-state index contributed by atoms with van der Waals surface area (Å²) in [6.45, 7) is 1.65. The van der Waals surface area contributed by atoms with Crippen molar-refractivity contribution in [2.75, 3.05) is 20.1 Å². The van der Waals surface area contributed by atoms with Crippen molar-refractivity contribution in [3.05, 3.63) is 54.4 Å². The van der Waals surface area contributed by atoms with Crippen LogP contribution in [-0.4, -0.2) is 42.0 Å². The number of hydrogen-bond donors (Lipinski definition) is 1. The summed E-state index contributed by atoms with van der Waals surface area (Å²) in [6.07, 6.45) is 5.58. The normalized spacial score (nSPS) is 15.8. The lowest BCUT2D eigenvalue weighted by Crippen LogP contribution is -2.43. The first kappa shape index (κ1) is 14.7. The first-order valence-electron chi connectivity index (χ1n) is 7.75. The van der Waals surface area contributed by atoms with Crippen LogP contribution < -0.4 is 5.32 Å². The third-order valence-electron chi connectivity index (χ3n) is 4.31. The van der Waals surface area contributed by atoms with Gasteiger partial charge in [-0.2, -0.15) is 0 Å². The number of benzene rings is 1. The van der Waals surface area contributed by atoms with Crippen molar-refractivity contribution in [2.24, 2.45) is 0 Å². The monoisotopic (exact) mass is 295 g/mol. The topological polar surface area (TPSA) is 45.2 Å². The van der Waals surface area contributed by atoms with E-state index in [0.29, 0.717) is 6.04 Å². The maximum absolute atomic E-state index is 12.7. The van der Waals surface area contributed by atoms with E-state index in [4.69, 9.17) is 0 Å². The molecule has 4 heteroatoms. The van der Waals surface area contributed by atoms with E-state index in [1.807, 2.05) is 48.3 Å². The van der Waals surface area contributed by atoms with Crippen LogP contribution in [0.4, 0.5) is 0 Å². The number of pyridine rings is 1. The minimum Gasteiger partial charge on any atom is -0.339 e. The molecule has 1 aromatic carbocycles. The number of nitrogens with zero attached hydrogens (tertiary/aromatic N) is 2. The second-order valence-corrected chi connectivity index (χ2v) is 5.67. The molecule has 0 radical (unpaired) electrons. The first-order valence-corrected chi connectivity index (χ1v) is 7.75. The van der Waals surface area contributed by atoms with E-state index < -0.39 is 0 Å². The maximum atomic E-state index is 12.7. The van der Waals surface area contributed by atoms with E-state index in [0.717, 1.165) is 42.6 Å². The molecule has 4 nitrogen and oxygen atoms in total. The number of carbonyl (C=O) groups excluding carboxylic acids is 1. The fourth-order valence-electron chi connectivity index (χ4n) is 2.93. The number of rotatable bonds is 3. The molecule has 0 atom stereocenters.